The molecule has 1 unspecified atom stereocenters. The molecule has 1 aliphatic carbocycles. The zero-order valence-corrected chi connectivity index (χ0v) is 6.56. The van der Waals surface area contributed by atoms with E-state index in [9.17, 15) is 18.0 Å². The van der Waals surface area contributed by atoms with Gasteiger partial charge in [0.1, 0.15) is 11.7 Å². The summed E-state index contributed by atoms with van der Waals surface area (Å²) in [5.41, 5.74) is -0.293. The van der Waals surface area contributed by atoms with Crippen molar-refractivity contribution in [3.63, 3.8) is 0 Å². The molecule has 0 saturated carbocycles. The third-order valence-corrected chi connectivity index (χ3v) is 1.66. The molecule has 0 radical (unpaired) electrons. The van der Waals surface area contributed by atoms with Gasteiger partial charge in [0.05, 0.1) is 6.42 Å². The Morgan fingerprint density at radius 2 is 2.23 bits per heavy atom. The van der Waals surface area contributed by atoms with Crippen molar-refractivity contribution in [3.05, 3.63) is 23.3 Å². The lowest BCUT2D eigenvalue weighted by Crippen LogP contribution is -2.10. The summed E-state index contributed by atoms with van der Waals surface area (Å²) in [4.78, 5) is 10.2. The fourth-order valence-electron chi connectivity index (χ4n) is 1.03. The van der Waals surface area contributed by atoms with E-state index >= 15 is 0 Å². The third-order valence-electron chi connectivity index (χ3n) is 1.66. The molecule has 0 aromatic carbocycles. The first kappa shape index (κ1) is 9.83. The molecule has 0 amide bonds. The molecule has 1 N–H and O–H groups in total. The molecule has 0 spiro atoms. The number of alkyl halides is 1. The molecule has 0 aromatic heterocycles. The lowest BCUT2D eigenvalue weighted by Gasteiger charge is -2.12. The highest BCUT2D eigenvalue weighted by atomic mass is 19.2. The fraction of sp³-hybridized carbons (Fsp3) is 0.375. The smallest absolute Gasteiger partial charge is 0.307 e. The summed E-state index contributed by atoms with van der Waals surface area (Å²) in [7, 11) is 0. The maximum Gasteiger partial charge on any atom is 0.307 e. The summed E-state index contributed by atoms with van der Waals surface area (Å²) in [5.74, 6) is -3.28. The van der Waals surface area contributed by atoms with Crippen LogP contribution < -0.4 is 0 Å². The molecular formula is C8H7F3O2. The number of carboxylic acids is 1. The second kappa shape index (κ2) is 3.64. The van der Waals surface area contributed by atoms with Gasteiger partial charge in [-0.3, -0.25) is 4.79 Å². The Morgan fingerprint density at radius 3 is 2.77 bits per heavy atom. The van der Waals surface area contributed by atoms with Crippen LogP contribution in [0.25, 0.3) is 0 Å². The second-order valence-electron chi connectivity index (χ2n) is 2.70. The molecule has 72 valence electrons. The van der Waals surface area contributed by atoms with Gasteiger partial charge in [0, 0.05) is 6.42 Å². The van der Waals surface area contributed by atoms with E-state index in [1.54, 1.807) is 0 Å². The maximum absolute atomic E-state index is 12.8. The Bertz CT molecular complexity index is 294. The summed E-state index contributed by atoms with van der Waals surface area (Å²) in [5, 5.41) is 8.29. The van der Waals surface area contributed by atoms with Crippen LogP contribution in [-0.4, -0.2) is 17.2 Å². The van der Waals surface area contributed by atoms with Crippen molar-refractivity contribution in [2.24, 2.45) is 0 Å². The van der Waals surface area contributed by atoms with Crippen molar-refractivity contribution in [2.45, 2.75) is 19.0 Å². The Kier molecular flexibility index (Phi) is 2.75. The molecule has 1 atom stereocenters. The maximum atomic E-state index is 12.8. The summed E-state index contributed by atoms with van der Waals surface area (Å²) in [6.07, 6.45) is -2.69. The fourth-order valence-corrected chi connectivity index (χ4v) is 1.03. The average molecular weight is 192 g/mol. The van der Waals surface area contributed by atoms with Crippen LogP contribution in [0.3, 0.4) is 0 Å². The molecule has 0 heterocycles. The van der Waals surface area contributed by atoms with E-state index in [0.29, 0.717) is 6.08 Å². The standard InChI is InChI=1S/C8H7F3O2/c9-5-3-7(11)6(10)1-4(5)2-8(12)13/h1,7H,2-3H2,(H,12,13). The minimum atomic E-state index is -1.97. The Morgan fingerprint density at radius 1 is 1.62 bits per heavy atom. The van der Waals surface area contributed by atoms with E-state index in [-0.39, 0.29) is 5.57 Å². The summed E-state index contributed by atoms with van der Waals surface area (Å²) in [6.45, 7) is 0. The first-order chi connectivity index (χ1) is 6.00. The number of carboxylic acid groups (broad SMARTS) is 1. The molecule has 13 heavy (non-hydrogen) atoms. The van der Waals surface area contributed by atoms with Crippen LogP contribution in [0.15, 0.2) is 23.3 Å². The molecule has 1 aliphatic rings. The lowest BCUT2D eigenvalue weighted by atomic mass is 10.0. The monoisotopic (exact) mass is 192 g/mol. The zero-order valence-electron chi connectivity index (χ0n) is 6.56. The van der Waals surface area contributed by atoms with E-state index in [1.807, 2.05) is 0 Å². The SMILES string of the molecule is O=C(O)CC1=C(F)CC(F)C(F)=C1. The Hall–Kier alpha value is -1.26. The van der Waals surface area contributed by atoms with Crippen LogP contribution >= 0.6 is 0 Å². The van der Waals surface area contributed by atoms with E-state index in [2.05, 4.69) is 0 Å². The van der Waals surface area contributed by atoms with Gasteiger partial charge in [0.2, 0.25) is 0 Å². The van der Waals surface area contributed by atoms with Gasteiger partial charge in [-0.1, -0.05) is 0 Å². The third kappa shape index (κ3) is 2.34. The predicted molar refractivity (Wildman–Crippen MR) is 39.1 cm³/mol. The number of carbonyl (C=O) groups is 1. The zero-order chi connectivity index (χ0) is 10.0. The van der Waals surface area contributed by atoms with Crippen LogP contribution in [0.1, 0.15) is 12.8 Å². The number of halogens is 3. The van der Waals surface area contributed by atoms with Crippen molar-refractivity contribution in [3.8, 4) is 0 Å². The van der Waals surface area contributed by atoms with Crippen molar-refractivity contribution < 1.29 is 23.1 Å². The quantitative estimate of drug-likeness (QED) is 0.728. The molecule has 2 nitrogen and oxygen atoms in total. The van der Waals surface area contributed by atoms with Crippen molar-refractivity contribution in [1.82, 2.24) is 0 Å². The van der Waals surface area contributed by atoms with Gasteiger partial charge >= 0.3 is 5.97 Å². The number of hydrogen-bond acceptors (Lipinski definition) is 1. The summed E-state index contributed by atoms with van der Waals surface area (Å²) in [6, 6.07) is 0. The summed E-state index contributed by atoms with van der Waals surface area (Å²) >= 11 is 0. The average Bonchev–Trinajstić information content (AvgIpc) is 1.99. The normalized spacial score (nSPS) is 23.0. The lowest BCUT2D eigenvalue weighted by molar-refractivity contribution is -0.136. The minimum absolute atomic E-state index is 0.293. The molecule has 0 bridgehead atoms. The van der Waals surface area contributed by atoms with Gasteiger partial charge in [-0.25, -0.2) is 13.2 Å². The minimum Gasteiger partial charge on any atom is -0.481 e. The molecule has 0 fully saturated rings. The molecule has 5 heteroatoms. The van der Waals surface area contributed by atoms with Crippen molar-refractivity contribution in [2.75, 3.05) is 0 Å². The van der Waals surface area contributed by atoms with Gasteiger partial charge in [-0.05, 0) is 11.6 Å². The number of hydrogen-bond donors (Lipinski definition) is 1. The van der Waals surface area contributed by atoms with Crippen LogP contribution in [0.2, 0.25) is 0 Å². The highest BCUT2D eigenvalue weighted by Gasteiger charge is 2.24. The van der Waals surface area contributed by atoms with E-state index in [4.69, 9.17) is 5.11 Å². The number of aliphatic carboxylic acids is 1. The Balaban J connectivity index is 2.84. The van der Waals surface area contributed by atoms with E-state index in [1.165, 1.54) is 0 Å². The van der Waals surface area contributed by atoms with E-state index in [0.717, 1.165) is 0 Å². The highest BCUT2D eigenvalue weighted by Crippen LogP contribution is 2.29. The first-order valence-electron chi connectivity index (χ1n) is 3.61. The van der Waals surface area contributed by atoms with Gasteiger partial charge in [0.15, 0.2) is 6.17 Å². The molecule has 1 rings (SSSR count). The number of allylic oxidation sites excluding steroid dienone is 3. The van der Waals surface area contributed by atoms with Gasteiger partial charge in [-0.15, -0.1) is 0 Å². The molecular weight excluding hydrogens is 185 g/mol. The van der Waals surface area contributed by atoms with Crippen molar-refractivity contribution in [1.29, 1.82) is 0 Å². The first-order valence-corrected chi connectivity index (χ1v) is 3.61. The molecule has 0 aliphatic heterocycles. The van der Waals surface area contributed by atoms with Crippen LogP contribution in [0.4, 0.5) is 13.2 Å². The second-order valence-corrected chi connectivity index (χ2v) is 2.70. The molecule has 0 aromatic rings. The van der Waals surface area contributed by atoms with Gasteiger partial charge in [0.25, 0.3) is 0 Å². The number of rotatable bonds is 2. The predicted octanol–water partition coefficient (Wildman–Crippen LogP) is 2.28. The molecule has 0 saturated heterocycles. The van der Waals surface area contributed by atoms with Gasteiger partial charge < -0.3 is 5.11 Å². The Labute approximate surface area is 72.4 Å². The van der Waals surface area contributed by atoms with Gasteiger partial charge in [-0.2, -0.15) is 0 Å². The largest absolute Gasteiger partial charge is 0.481 e. The van der Waals surface area contributed by atoms with Crippen LogP contribution in [-0.2, 0) is 4.79 Å². The van der Waals surface area contributed by atoms with Crippen molar-refractivity contribution >= 4 is 5.97 Å². The highest BCUT2D eigenvalue weighted by molar-refractivity contribution is 5.71. The van der Waals surface area contributed by atoms with E-state index < -0.39 is 36.6 Å². The van der Waals surface area contributed by atoms with Crippen LogP contribution in [0.5, 0.6) is 0 Å². The topological polar surface area (TPSA) is 37.3 Å². The van der Waals surface area contributed by atoms with Crippen LogP contribution in [0, 0.1) is 0 Å². The summed E-state index contributed by atoms with van der Waals surface area (Å²) < 4.78 is 37.8.